The molecular formula is C15H10Br2FN5OS. The molecule has 0 saturated heterocycles. The zero-order chi connectivity index (χ0) is 18.0. The lowest BCUT2D eigenvalue weighted by molar-refractivity contribution is 0.102. The van der Waals surface area contributed by atoms with Gasteiger partial charge in [0.25, 0.3) is 5.91 Å². The van der Waals surface area contributed by atoms with E-state index >= 15 is 0 Å². The smallest absolute Gasteiger partial charge is 0.256 e. The first kappa shape index (κ1) is 18.0. The van der Waals surface area contributed by atoms with E-state index in [0.29, 0.717) is 15.3 Å². The maximum Gasteiger partial charge on any atom is 0.256 e. The Morgan fingerprint density at radius 3 is 2.76 bits per heavy atom. The van der Waals surface area contributed by atoms with E-state index in [4.69, 9.17) is 0 Å². The molecule has 0 aliphatic carbocycles. The highest BCUT2D eigenvalue weighted by molar-refractivity contribution is 9.10. The number of carbonyl (C=O) groups is 1. The van der Waals surface area contributed by atoms with Gasteiger partial charge in [-0.05, 0) is 74.5 Å². The highest BCUT2D eigenvalue weighted by atomic mass is 79.9. The zero-order valence-corrected chi connectivity index (χ0v) is 16.7. The molecule has 3 aromatic rings. The summed E-state index contributed by atoms with van der Waals surface area (Å²) in [6, 6.07) is 9.39. The van der Waals surface area contributed by atoms with Crippen LogP contribution >= 0.6 is 43.6 Å². The van der Waals surface area contributed by atoms with Crippen molar-refractivity contribution in [3.8, 4) is 0 Å². The summed E-state index contributed by atoms with van der Waals surface area (Å²) >= 11 is 7.96. The van der Waals surface area contributed by atoms with Gasteiger partial charge < -0.3 is 5.32 Å². The number of amides is 1. The van der Waals surface area contributed by atoms with Crippen molar-refractivity contribution in [1.82, 2.24) is 20.2 Å². The largest absolute Gasteiger partial charge is 0.321 e. The van der Waals surface area contributed by atoms with Crippen LogP contribution in [-0.4, -0.2) is 26.1 Å². The Morgan fingerprint density at radius 2 is 2.04 bits per heavy atom. The number of carbonyl (C=O) groups excluding carboxylic acids is 1. The lowest BCUT2D eigenvalue weighted by atomic mass is 10.2. The predicted octanol–water partition coefficient (Wildman–Crippen LogP) is 4.28. The van der Waals surface area contributed by atoms with Crippen LogP contribution in [0, 0.1) is 5.82 Å². The molecule has 0 atom stereocenters. The van der Waals surface area contributed by atoms with Crippen LogP contribution in [0.3, 0.4) is 0 Å². The van der Waals surface area contributed by atoms with Gasteiger partial charge in [0.2, 0.25) is 5.16 Å². The summed E-state index contributed by atoms with van der Waals surface area (Å²) in [7, 11) is 1.73. The van der Waals surface area contributed by atoms with E-state index in [1.54, 1.807) is 13.1 Å². The minimum atomic E-state index is -0.484. The van der Waals surface area contributed by atoms with Crippen molar-refractivity contribution in [3.63, 3.8) is 0 Å². The van der Waals surface area contributed by atoms with E-state index in [1.165, 1.54) is 34.6 Å². The molecule has 0 bridgehead atoms. The standard InChI is InChI=1S/C15H10Br2FN5OS/c1-23-15(20-21-22-23)25-13-5-2-8(16)6-12(13)19-14(24)10-7-9(18)3-4-11(10)17/h2-7H,1H3,(H,19,24). The van der Waals surface area contributed by atoms with Crippen molar-refractivity contribution in [2.45, 2.75) is 10.1 Å². The first-order valence-corrected chi connectivity index (χ1v) is 9.30. The Kier molecular flexibility index (Phi) is 5.50. The molecule has 0 radical (unpaired) electrons. The van der Waals surface area contributed by atoms with Crippen molar-refractivity contribution >= 4 is 55.2 Å². The Morgan fingerprint density at radius 1 is 1.24 bits per heavy atom. The van der Waals surface area contributed by atoms with Gasteiger partial charge in [0, 0.05) is 20.9 Å². The molecule has 0 saturated carbocycles. The quantitative estimate of drug-likeness (QED) is 0.595. The topological polar surface area (TPSA) is 72.7 Å². The molecule has 6 nitrogen and oxygen atoms in total. The average molecular weight is 487 g/mol. The van der Waals surface area contributed by atoms with Crippen LogP contribution in [0.2, 0.25) is 0 Å². The first-order valence-electron chi connectivity index (χ1n) is 6.90. The highest BCUT2D eigenvalue weighted by Gasteiger charge is 2.15. The van der Waals surface area contributed by atoms with Crippen molar-refractivity contribution in [2.75, 3.05) is 5.32 Å². The van der Waals surface area contributed by atoms with Crippen molar-refractivity contribution < 1.29 is 9.18 Å². The van der Waals surface area contributed by atoms with Gasteiger partial charge in [-0.25, -0.2) is 9.07 Å². The summed E-state index contributed by atoms with van der Waals surface area (Å²) < 4.78 is 16.3. The van der Waals surface area contributed by atoms with Gasteiger partial charge in [-0.3, -0.25) is 4.79 Å². The number of benzene rings is 2. The Bertz CT molecular complexity index is 949. The maximum absolute atomic E-state index is 13.4. The third-order valence-electron chi connectivity index (χ3n) is 3.15. The number of anilines is 1. The van der Waals surface area contributed by atoms with Crippen molar-refractivity contribution in [3.05, 3.63) is 56.7 Å². The summed E-state index contributed by atoms with van der Waals surface area (Å²) in [5, 5.41) is 14.7. The molecule has 2 aromatic carbocycles. The van der Waals surface area contributed by atoms with Gasteiger partial charge >= 0.3 is 0 Å². The summed E-state index contributed by atoms with van der Waals surface area (Å²) in [6.07, 6.45) is 0. The van der Waals surface area contributed by atoms with E-state index in [0.717, 1.165) is 9.37 Å². The number of aryl methyl sites for hydroxylation is 1. The molecule has 3 rings (SSSR count). The molecule has 25 heavy (non-hydrogen) atoms. The van der Waals surface area contributed by atoms with Crippen molar-refractivity contribution in [2.24, 2.45) is 7.05 Å². The van der Waals surface area contributed by atoms with Crippen LogP contribution in [-0.2, 0) is 7.05 Å². The molecule has 0 aliphatic rings. The molecule has 10 heteroatoms. The fourth-order valence-electron chi connectivity index (χ4n) is 1.96. The predicted molar refractivity (Wildman–Crippen MR) is 99.1 cm³/mol. The number of hydrogen-bond acceptors (Lipinski definition) is 5. The summed E-state index contributed by atoms with van der Waals surface area (Å²) in [5.41, 5.74) is 0.764. The lowest BCUT2D eigenvalue weighted by Crippen LogP contribution is -2.13. The number of aromatic nitrogens is 4. The van der Waals surface area contributed by atoms with Crippen LogP contribution in [0.4, 0.5) is 10.1 Å². The minimum absolute atomic E-state index is 0.205. The third-order valence-corrected chi connectivity index (χ3v) is 5.43. The highest BCUT2D eigenvalue weighted by Crippen LogP contribution is 2.34. The third kappa shape index (κ3) is 4.25. The van der Waals surface area contributed by atoms with E-state index < -0.39 is 11.7 Å². The lowest BCUT2D eigenvalue weighted by Gasteiger charge is -2.12. The van der Waals surface area contributed by atoms with E-state index in [2.05, 4.69) is 52.7 Å². The Hall–Kier alpha value is -1.78. The normalized spacial score (nSPS) is 10.7. The van der Waals surface area contributed by atoms with Gasteiger partial charge in [-0.15, -0.1) is 5.10 Å². The summed E-state index contributed by atoms with van der Waals surface area (Å²) in [6.45, 7) is 0. The number of hydrogen-bond donors (Lipinski definition) is 1. The fraction of sp³-hybridized carbons (Fsp3) is 0.0667. The van der Waals surface area contributed by atoms with Gasteiger partial charge in [0.05, 0.1) is 11.3 Å². The second-order valence-electron chi connectivity index (χ2n) is 4.91. The second-order valence-corrected chi connectivity index (χ2v) is 7.69. The fourth-order valence-corrected chi connectivity index (χ4v) is 3.54. The van der Waals surface area contributed by atoms with E-state index in [9.17, 15) is 9.18 Å². The van der Waals surface area contributed by atoms with Gasteiger partial charge in [0.15, 0.2) is 0 Å². The maximum atomic E-state index is 13.4. The number of rotatable bonds is 4. The minimum Gasteiger partial charge on any atom is -0.321 e. The van der Waals surface area contributed by atoms with Gasteiger partial charge in [0.1, 0.15) is 5.82 Å². The molecule has 1 aromatic heterocycles. The number of nitrogens with one attached hydrogen (secondary N) is 1. The molecular weight excluding hydrogens is 477 g/mol. The number of halogens is 3. The average Bonchev–Trinajstić information content (AvgIpc) is 2.97. The number of nitrogens with zero attached hydrogens (tertiary/aromatic N) is 4. The summed E-state index contributed by atoms with van der Waals surface area (Å²) in [4.78, 5) is 13.3. The molecule has 0 spiro atoms. The monoisotopic (exact) mass is 485 g/mol. The second kappa shape index (κ2) is 7.63. The van der Waals surface area contributed by atoms with E-state index in [1.807, 2.05) is 12.1 Å². The molecule has 1 heterocycles. The van der Waals surface area contributed by atoms with Gasteiger partial charge in [-0.2, -0.15) is 0 Å². The zero-order valence-electron chi connectivity index (χ0n) is 12.7. The Labute approximate surface area is 163 Å². The van der Waals surface area contributed by atoms with Crippen LogP contribution in [0.25, 0.3) is 0 Å². The molecule has 1 N–H and O–H groups in total. The van der Waals surface area contributed by atoms with Crippen LogP contribution < -0.4 is 5.32 Å². The van der Waals surface area contributed by atoms with E-state index in [-0.39, 0.29) is 5.56 Å². The number of tetrazole rings is 1. The molecule has 0 unspecified atom stereocenters. The first-order chi connectivity index (χ1) is 11.9. The van der Waals surface area contributed by atoms with Crippen LogP contribution in [0.5, 0.6) is 0 Å². The molecule has 0 aliphatic heterocycles. The van der Waals surface area contributed by atoms with Crippen molar-refractivity contribution in [1.29, 1.82) is 0 Å². The van der Waals surface area contributed by atoms with Gasteiger partial charge in [-0.1, -0.05) is 15.9 Å². The summed E-state index contributed by atoms with van der Waals surface area (Å²) in [5.74, 6) is -0.912. The Balaban J connectivity index is 1.91. The van der Waals surface area contributed by atoms with Crippen LogP contribution in [0.15, 0.2) is 55.4 Å². The van der Waals surface area contributed by atoms with Crippen LogP contribution in [0.1, 0.15) is 10.4 Å². The SMILES string of the molecule is Cn1nnnc1Sc1ccc(Br)cc1NC(=O)c1cc(F)ccc1Br. The molecule has 1 amide bonds. The molecule has 128 valence electrons. The molecule has 0 fully saturated rings.